The maximum Gasteiger partial charge on any atom is 0.466 e. The first-order valence-electron chi connectivity index (χ1n) is 7.82. The zero-order valence-electron chi connectivity index (χ0n) is 14.6. The molecule has 1 heterocycles. The Labute approximate surface area is 137 Å². The van der Waals surface area contributed by atoms with Crippen LogP contribution in [-0.4, -0.2) is 34.5 Å². The Hall–Kier alpha value is -1.53. The van der Waals surface area contributed by atoms with Crippen molar-refractivity contribution in [3.05, 3.63) is 28.8 Å². The van der Waals surface area contributed by atoms with Gasteiger partial charge in [0.15, 0.2) is 0 Å². The molecule has 0 bridgehead atoms. The fraction of sp³-hybridized carbons (Fsp3) is 0.588. The first-order valence-corrected chi connectivity index (χ1v) is 7.82. The summed E-state index contributed by atoms with van der Waals surface area (Å²) in [5, 5.41) is 19.1. The summed E-state index contributed by atoms with van der Waals surface area (Å²) in [6, 6.07) is 3.28. The van der Waals surface area contributed by atoms with Crippen LogP contribution >= 0.6 is 0 Å². The first-order chi connectivity index (χ1) is 10.4. The number of hydrogen-bond acceptors (Lipinski definition) is 4. The van der Waals surface area contributed by atoms with Crippen LogP contribution in [0.2, 0.25) is 0 Å². The summed E-state index contributed by atoms with van der Waals surface area (Å²) < 4.78 is 12.1. The molecule has 1 unspecified atom stereocenters. The van der Waals surface area contributed by atoms with Crippen molar-refractivity contribution >= 4 is 13.1 Å². The molecule has 0 aromatic heterocycles. The molecule has 2 rings (SSSR count). The fourth-order valence-electron chi connectivity index (χ4n) is 3.11. The molecule has 0 radical (unpaired) electrons. The van der Waals surface area contributed by atoms with Crippen LogP contribution in [0.4, 0.5) is 0 Å². The second-order valence-corrected chi connectivity index (χ2v) is 7.32. The number of carbonyl (C=O) groups is 1. The highest BCUT2D eigenvalue weighted by molar-refractivity contribution is 6.48. The number of phenolic OH excluding ortho intramolecular Hbond substituents is 1. The average Bonchev–Trinajstić information content (AvgIpc) is 2.55. The lowest BCUT2D eigenvalue weighted by molar-refractivity contribution is -0.137. The van der Waals surface area contributed by atoms with Crippen molar-refractivity contribution in [2.45, 2.75) is 65.0 Å². The molecular formula is C17H25BO5. The van der Waals surface area contributed by atoms with E-state index in [9.17, 15) is 15.0 Å². The molecule has 5 nitrogen and oxygen atoms in total. The standard InChI is InChI=1S/C17H25BO5/c1-10-7-12(19)8-11(2)15(10)13(9-14(20)21)18-22-16(3,4)17(5,6)23-18/h7-8,13,19H,9H2,1-6H3,(H,20,21). The molecule has 126 valence electrons. The van der Waals surface area contributed by atoms with Crippen LogP contribution in [0.5, 0.6) is 5.75 Å². The van der Waals surface area contributed by atoms with Gasteiger partial charge in [-0.25, -0.2) is 0 Å². The zero-order valence-corrected chi connectivity index (χ0v) is 14.6. The maximum absolute atomic E-state index is 11.4. The molecule has 1 aromatic rings. The number of aromatic hydroxyl groups is 1. The van der Waals surface area contributed by atoms with Gasteiger partial charge in [0.25, 0.3) is 0 Å². The Morgan fingerprint density at radius 2 is 1.57 bits per heavy atom. The molecule has 23 heavy (non-hydrogen) atoms. The maximum atomic E-state index is 11.4. The number of aryl methyl sites for hydroxylation is 2. The van der Waals surface area contributed by atoms with Gasteiger partial charge in [0.05, 0.1) is 17.6 Å². The Balaban J connectivity index is 2.46. The second kappa shape index (κ2) is 5.84. The molecule has 1 fully saturated rings. The quantitative estimate of drug-likeness (QED) is 0.833. The number of carboxylic acids is 1. The van der Waals surface area contributed by atoms with Crippen LogP contribution in [0.1, 0.15) is 56.6 Å². The minimum atomic E-state index is -0.906. The van der Waals surface area contributed by atoms with Crippen LogP contribution in [0, 0.1) is 13.8 Å². The van der Waals surface area contributed by atoms with Crippen LogP contribution < -0.4 is 0 Å². The highest BCUT2D eigenvalue weighted by atomic mass is 16.7. The predicted octanol–water partition coefficient (Wildman–Crippen LogP) is 3.20. The number of phenols is 1. The summed E-state index contributed by atoms with van der Waals surface area (Å²) in [5.41, 5.74) is 1.50. The van der Waals surface area contributed by atoms with E-state index in [-0.39, 0.29) is 12.2 Å². The summed E-state index contributed by atoms with van der Waals surface area (Å²) in [5.74, 6) is -1.17. The van der Waals surface area contributed by atoms with Crippen LogP contribution in [-0.2, 0) is 14.1 Å². The lowest BCUT2D eigenvalue weighted by Crippen LogP contribution is -2.41. The van der Waals surface area contributed by atoms with Crippen LogP contribution in [0.3, 0.4) is 0 Å². The van der Waals surface area contributed by atoms with Crippen molar-refractivity contribution in [1.82, 2.24) is 0 Å². The van der Waals surface area contributed by atoms with Crippen molar-refractivity contribution in [1.29, 1.82) is 0 Å². The molecule has 0 spiro atoms. The fourth-order valence-corrected chi connectivity index (χ4v) is 3.11. The minimum absolute atomic E-state index is 0.0940. The Bertz CT molecular complexity index is 584. The Kier molecular flexibility index (Phi) is 4.52. The summed E-state index contributed by atoms with van der Waals surface area (Å²) in [6.07, 6.45) is -0.0940. The van der Waals surface area contributed by atoms with Gasteiger partial charge in [-0.05, 0) is 70.4 Å². The highest BCUT2D eigenvalue weighted by Gasteiger charge is 2.54. The third kappa shape index (κ3) is 3.38. The van der Waals surface area contributed by atoms with Crippen molar-refractivity contribution in [2.75, 3.05) is 0 Å². The molecular weight excluding hydrogens is 295 g/mol. The molecule has 1 aromatic carbocycles. The molecule has 1 saturated heterocycles. The molecule has 0 aliphatic carbocycles. The minimum Gasteiger partial charge on any atom is -0.508 e. The summed E-state index contributed by atoms with van der Waals surface area (Å²) >= 11 is 0. The highest BCUT2D eigenvalue weighted by Crippen LogP contribution is 2.43. The molecule has 1 atom stereocenters. The van der Waals surface area contributed by atoms with Crippen molar-refractivity contribution < 1.29 is 24.3 Å². The van der Waals surface area contributed by atoms with E-state index in [0.29, 0.717) is 0 Å². The van der Waals surface area contributed by atoms with Crippen molar-refractivity contribution in [3.63, 3.8) is 0 Å². The van der Waals surface area contributed by atoms with E-state index in [1.54, 1.807) is 12.1 Å². The Morgan fingerprint density at radius 3 is 1.96 bits per heavy atom. The van der Waals surface area contributed by atoms with Gasteiger partial charge < -0.3 is 19.5 Å². The van der Waals surface area contributed by atoms with E-state index in [4.69, 9.17) is 9.31 Å². The van der Waals surface area contributed by atoms with E-state index in [0.717, 1.165) is 16.7 Å². The smallest absolute Gasteiger partial charge is 0.466 e. The average molecular weight is 320 g/mol. The predicted molar refractivity (Wildman–Crippen MR) is 88.7 cm³/mol. The molecule has 1 aliphatic rings. The normalized spacial score (nSPS) is 20.5. The van der Waals surface area contributed by atoms with E-state index < -0.39 is 30.1 Å². The van der Waals surface area contributed by atoms with Crippen molar-refractivity contribution in [2.24, 2.45) is 0 Å². The molecule has 0 amide bonds. The SMILES string of the molecule is Cc1cc(O)cc(C)c1C(CC(=O)O)B1OC(C)(C)C(C)(C)O1. The van der Waals surface area contributed by atoms with Gasteiger partial charge in [0, 0.05) is 5.82 Å². The van der Waals surface area contributed by atoms with Gasteiger partial charge in [0.1, 0.15) is 5.75 Å². The third-order valence-electron chi connectivity index (χ3n) is 4.94. The number of benzene rings is 1. The van der Waals surface area contributed by atoms with E-state index in [1.165, 1.54) is 0 Å². The summed E-state index contributed by atoms with van der Waals surface area (Å²) in [6.45, 7) is 11.5. The molecule has 1 aliphatic heterocycles. The van der Waals surface area contributed by atoms with Crippen molar-refractivity contribution in [3.8, 4) is 5.75 Å². The monoisotopic (exact) mass is 320 g/mol. The number of hydrogen-bond donors (Lipinski definition) is 2. The van der Waals surface area contributed by atoms with Gasteiger partial charge in [-0.2, -0.15) is 0 Å². The second-order valence-electron chi connectivity index (χ2n) is 7.32. The zero-order chi connectivity index (χ0) is 17.6. The van der Waals surface area contributed by atoms with E-state index in [2.05, 4.69) is 0 Å². The lowest BCUT2D eigenvalue weighted by atomic mass is 9.64. The largest absolute Gasteiger partial charge is 0.508 e. The van der Waals surface area contributed by atoms with E-state index >= 15 is 0 Å². The summed E-state index contributed by atoms with van der Waals surface area (Å²) in [7, 11) is -0.641. The van der Waals surface area contributed by atoms with Gasteiger partial charge in [-0.1, -0.05) is 0 Å². The van der Waals surface area contributed by atoms with Gasteiger partial charge >= 0.3 is 13.1 Å². The number of carboxylic acid groups (broad SMARTS) is 1. The lowest BCUT2D eigenvalue weighted by Gasteiger charge is -2.32. The molecule has 2 N–H and O–H groups in total. The molecule has 0 saturated carbocycles. The third-order valence-corrected chi connectivity index (χ3v) is 4.94. The van der Waals surface area contributed by atoms with Crippen LogP contribution in [0.25, 0.3) is 0 Å². The van der Waals surface area contributed by atoms with Crippen LogP contribution in [0.15, 0.2) is 12.1 Å². The Morgan fingerprint density at radius 1 is 1.13 bits per heavy atom. The number of aliphatic carboxylic acids is 1. The molecule has 6 heteroatoms. The summed E-state index contributed by atoms with van der Waals surface area (Å²) in [4.78, 5) is 11.4. The first kappa shape index (κ1) is 17.8. The van der Waals surface area contributed by atoms with Gasteiger partial charge in [-0.3, -0.25) is 4.79 Å². The number of rotatable bonds is 4. The topological polar surface area (TPSA) is 76.0 Å². The van der Waals surface area contributed by atoms with E-state index in [1.807, 2.05) is 41.5 Å². The van der Waals surface area contributed by atoms with Gasteiger partial charge in [-0.15, -0.1) is 0 Å². The van der Waals surface area contributed by atoms with Gasteiger partial charge in [0.2, 0.25) is 0 Å².